The quantitative estimate of drug-likeness (QED) is 0.708. The molecule has 3 heterocycles. The molecule has 2 bridgehead atoms. The van der Waals surface area contributed by atoms with E-state index in [2.05, 4.69) is 10.3 Å². The highest BCUT2D eigenvalue weighted by molar-refractivity contribution is 6.29. The van der Waals surface area contributed by atoms with Crippen LogP contribution in [0.2, 0.25) is 5.15 Å². The number of rotatable bonds is 1. The number of aromatic nitrogens is 1. The molecule has 80 valence electrons. The Morgan fingerprint density at radius 1 is 1.33 bits per heavy atom. The van der Waals surface area contributed by atoms with Crippen molar-refractivity contribution in [2.75, 3.05) is 0 Å². The van der Waals surface area contributed by atoms with Crippen LogP contribution < -0.4 is 5.32 Å². The Morgan fingerprint density at radius 3 is 2.73 bits per heavy atom. The Morgan fingerprint density at radius 2 is 2.13 bits per heavy atom. The summed E-state index contributed by atoms with van der Waals surface area (Å²) in [6.45, 7) is 0. The maximum atomic E-state index is 10.1. The lowest BCUT2D eigenvalue weighted by Gasteiger charge is -2.25. The number of aliphatic hydroxyl groups is 1. The Bertz CT molecular complexity index is 365. The van der Waals surface area contributed by atoms with Gasteiger partial charge in [0.1, 0.15) is 5.15 Å². The highest BCUT2D eigenvalue weighted by atomic mass is 35.5. The van der Waals surface area contributed by atoms with Gasteiger partial charge in [-0.2, -0.15) is 0 Å². The van der Waals surface area contributed by atoms with Gasteiger partial charge in [0, 0.05) is 24.2 Å². The van der Waals surface area contributed by atoms with E-state index in [4.69, 9.17) is 11.6 Å². The van der Waals surface area contributed by atoms with E-state index in [1.54, 1.807) is 12.3 Å². The van der Waals surface area contributed by atoms with Gasteiger partial charge in [-0.3, -0.25) is 0 Å². The molecule has 1 aromatic heterocycles. The first-order chi connectivity index (χ1) is 7.25. The third kappa shape index (κ3) is 1.46. The minimum absolute atomic E-state index is 0.188. The molecule has 0 radical (unpaired) electrons. The molecular weight excluding hydrogens is 212 g/mol. The zero-order valence-corrected chi connectivity index (χ0v) is 8.98. The normalized spacial score (nSPS) is 38.5. The average Bonchev–Trinajstić information content (AvgIpc) is 2.80. The summed E-state index contributed by atoms with van der Waals surface area (Å²) < 4.78 is 0. The Balaban J connectivity index is 1.91. The summed E-state index contributed by atoms with van der Waals surface area (Å²) in [4.78, 5) is 4.07. The van der Waals surface area contributed by atoms with E-state index in [-0.39, 0.29) is 18.1 Å². The Kier molecular flexibility index (Phi) is 2.20. The number of nitrogens with one attached hydrogen (secondary N) is 1. The average molecular weight is 225 g/mol. The molecule has 0 unspecified atom stereocenters. The van der Waals surface area contributed by atoms with E-state index in [1.165, 1.54) is 0 Å². The lowest BCUT2D eigenvalue weighted by atomic mass is 9.82. The van der Waals surface area contributed by atoms with Gasteiger partial charge in [0.2, 0.25) is 0 Å². The standard InChI is InChI=1S/C11H13ClN2O/c12-9-4-1-6(5-13-9)10-7-2-3-8(14-7)11(10)15/h1,4-5,7-8,10-11,14-15H,2-3H2/t7-,8+,10+,11-/m1/s1. The first kappa shape index (κ1) is 9.58. The molecule has 3 rings (SSSR count). The van der Waals surface area contributed by atoms with Crippen molar-refractivity contribution in [3.8, 4) is 0 Å². The van der Waals surface area contributed by atoms with Gasteiger partial charge in [0.15, 0.2) is 0 Å². The Hall–Kier alpha value is -0.640. The highest BCUT2D eigenvalue weighted by Crippen LogP contribution is 2.40. The summed E-state index contributed by atoms with van der Waals surface area (Å²) >= 11 is 5.74. The van der Waals surface area contributed by atoms with Gasteiger partial charge in [0.05, 0.1) is 6.10 Å². The van der Waals surface area contributed by atoms with Crippen molar-refractivity contribution >= 4 is 11.6 Å². The SMILES string of the molecule is O[C@H]1[C@@H](c2ccc(Cl)nc2)[C@H]2CC[C@@H]1N2. The van der Waals surface area contributed by atoms with Crippen molar-refractivity contribution in [2.45, 2.75) is 36.9 Å². The number of fused-ring (bicyclic) bond motifs is 2. The molecule has 3 nitrogen and oxygen atoms in total. The third-order valence-electron chi connectivity index (χ3n) is 3.57. The first-order valence-corrected chi connectivity index (χ1v) is 5.69. The van der Waals surface area contributed by atoms with E-state index < -0.39 is 0 Å². The van der Waals surface area contributed by atoms with Gasteiger partial charge in [0.25, 0.3) is 0 Å². The second-order valence-corrected chi connectivity index (χ2v) is 4.77. The van der Waals surface area contributed by atoms with Crippen molar-refractivity contribution in [3.05, 3.63) is 29.0 Å². The molecule has 2 N–H and O–H groups in total. The van der Waals surface area contributed by atoms with Gasteiger partial charge < -0.3 is 10.4 Å². The van der Waals surface area contributed by atoms with Crippen LogP contribution in [-0.4, -0.2) is 28.3 Å². The molecule has 0 aliphatic carbocycles. The van der Waals surface area contributed by atoms with Gasteiger partial charge in [-0.05, 0) is 24.5 Å². The van der Waals surface area contributed by atoms with E-state index >= 15 is 0 Å². The van der Waals surface area contributed by atoms with Crippen LogP contribution in [-0.2, 0) is 0 Å². The summed E-state index contributed by atoms with van der Waals surface area (Å²) in [5.74, 6) is 0.188. The van der Waals surface area contributed by atoms with E-state index in [1.807, 2.05) is 6.07 Å². The van der Waals surface area contributed by atoms with Crippen molar-refractivity contribution in [3.63, 3.8) is 0 Å². The monoisotopic (exact) mass is 224 g/mol. The van der Waals surface area contributed by atoms with Crippen LogP contribution in [0.4, 0.5) is 0 Å². The van der Waals surface area contributed by atoms with E-state index in [9.17, 15) is 5.11 Å². The fourth-order valence-corrected chi connectivity index (χ4v) is 2.97. The minimum atomic E-state index is -0.272. The summed E-state index contributed by atoms with van der Waals surface area (Å²) in [6, 6.07) is 4.44. The lowest BCUT2D eigenvalue weighted by Crippen LogP contribution is -2.30. The first-order valence-electron chi connectivity index (χ1n) is 5.31. The predicted molar refractivity (Wildman–Crippen MR) is 57.9 cm³/mol. The van der Waals surface area contributed by atoms with Crippen LogP contribution in [0.15, 0.2) is 18.3 Å². The lowest BCUT2D eigenvalue weighted by molar-refractivity contribution is 0.125. The van der Waals surface area contributed by atoms with E-state index in [0.717, 1.165) is 18.4 Å². The number of hydrogen-bond acceptors (Lipinski definition) is 3. The highest BCUT2D eigenvalue weighted by Gasteiger charge is 2.47. The number of nitrogens with zero attached hydrogens (tertiary/aromatic N) is 1. The van der Waals surface area contributed by atoms with E-state index in [0.29, 0.717) is 11.2 Å². The predicted octanol–water partition coefficient (Wildman–Crippen LogP) is 1.31. The molecule has 4 heteroatoms. The maximum absolute atomic E-state index is 10.1. The van der Waals surface area contributed by atoms with Gasteiger partial charge >= 0.3 is 0 Å². The smallest absolute Gasteiger partial charge is 0.129 e. The largest absolute Gasteiger partial charge is 0.391 e. The number of aliphatic hydroxyl groups excluding tert-OH is 1. The zero-order chi connectivity index (χ0) is 10.4. The summed E-state index contributed by atoms with van der Waals surface area (Å²) in [5.41, 5.74) is 1.09. The molecule has 1 aromatic rings. The fraction of sp³-hybridized carbons (Fsp3) is 0.545. The van der Waals surface area contributed by atoms with Gasteiger partial charge in [-0.25, -0.2) is 4.98 Å². The summed E-state index contributed by atoms with van der Waals surface area (Å²) in [5, 5.41) is 14.0. The molecule has 0 amide bonds. The van der Waals surface area contributed by atoms with Gasteiger partial charge in [-0.15, -0.1) is 0 Å². The minimum Gasteiger partial charge on any atom is -0.391 e. The molecular formula is C11H13ClN2O. The van der Waals surface area contributed by atoms with Crippen LogP contribution in [0.5, 0.6) is 0 Å². The number of halogens is 1. The van der Waals surface area contributed by atoms with Crippen LogP contribution in [0.25, 0.3) is 0 Å². The molecule has 4 atom stereocenters. The number of pyridine rings is 1. The van der Waals surface area contributed by atoms with Crippen molar-refractivity contribution in [1.29, 1.82) is 0 Å². The molecule has 2 fully saturated rings. The fourth-order valence-electron chi connectivity index (χ4n) is 2.86. The third-order valence-corrected chi connectivity index (χ3v) is 3.79. The second kappa shape index (κ2) is 3.44. The zero-order valence-electron chi connectivity index (χ0n) is 8.23. The topological polar surface area (TPSA) is 45.2 Å². The van der Waals surface area contributed by atoms with Crippen LogP contribution in [0, 0.1) is 0 Å². The second-order valence-electron chi connectivity index (χ2n) is 4.39. The molecule has 2 aliphatic rings. The molecule has 0 spiro atoms. The molecule has 15 heavy (non-hydrogen) atoms. The van der Waals surface area contributed by atoms with Crippen molar-refractivity contribution in [2.24, 2.45) is 0 Å². The van der Waals surface area contributed by atoms with Crippen LogP contribution in [0.3, 0.4) is 0 Å². The number of hydrogen-bond donors (Lipinski definition) is 2. The molecule has 2 aliphatic heterocycles. The van der Waals surface area contributed by atoms with Crippen molar-refractivity contribution < 1.29 is 5.11 Å². The van der Waals surface area contributed by atoms with Crippen molar-refractivity contribution in [1.82, 2.24) is 10.3 Å². The van der Waals surface area contributed by atoms with Gasteiger partial charge in [-0.1, -0.05) is 17.7 Å². The summed E-state index contributed by atoms with van der Waals surface area (Å²) in [6.07, 6.45) is 3.74. The maximum Gasteiger partial charge on any atom is 0.129 e. The van der Waals surface area contributed by atoms with Crippen LogP contribution in [0.1, 0.15) is 24.3 Å². The molecule has 2 saturated heterocycles. The summed E-state index contributed by atoms with van der Waals surface area (Å²) in [7, 11) is 0. The Labute approximate surface area is 93.5 Å². The van der Waals surface area contributed by atoms with Crippen LogP contribution >= 0.6 is 11.6 Å². The molecule has 0 saturated carbocycles. The molecule has 0 aromatic carbocycles.